The third kappa shape index (κ3) is 5.62. The minimum absolute atomic E-state index is 0.171. The van der Waals surface area contributed by atoms with Crippen LogP contribution in [0.2, 0.25) is 0 Å². The minimum atomic E-state index is -4.42. The fourth-order valence-electron chi connectivity index (χ4n) is 3.51. The van der Waals surface area contributed by atoms with Crippen molar-refractivity contribution < 1.29 is 26.7 Å². The molecule has 4 N–H and O–H groups in total. The summed E-state index contributed by atoms with van der Waals surface area (Å²) in [5, 5.41) is 8.75. The number of rotatable bonds is 5. The first-order valence-electron chi connectivity index (χ1n) is 10.1. The molecule has 34 heavy (non-hydrogen) atoms. The van der Waals surface area contributed by atoms with Crippen LogP contribution in [0.5, 0.6) is 0 Å². The molecule has 0 unspecified atom stereocenters. The zero-order valence-corrected chi connectivity index (χ0v) is 17.5. The monoisotopic (exact) mass is 482 g/mol. The molecule has 1 aliphatic rings. The summed E-state index contributed by atoms with van der Waals surface area (Å²) in [6.45, 7) is -1.53. The molecule has 1 amide bonds. The Morgan fingerprint density at radius 1 is 1.24 bits per heavy atom. The van der Waals surface area contributed by atoms with Crippen molar-refractivity contribution in [3.63, 3.8) is 0 Å². The summed E-state index contributed by atoms with van der Waals surface area (Å²) in [6, 6.07) is 2.29. The predicted octanol–water partition coefficient (Wildman–Crippen LogP) is 2.27. The van der Waals surface area contributed by atoms with Crippen molar-refractivity contribution in [2.75, 3.05) is 18.8 Å². The third-order valence-electron chi connectivity index (χ3n) is 5.00. The fraction of sp³-hybridized carbons (Fsp3) is 0.350. The minimum Gasteiger partial charge on any atom is -0.382 e. The lowest BCUT2D eigenvalue weighted by atomic mass is 10.0. The summed E-state index contributed by atoms with van der Waals surface area (Å²) in [4.78, 5) is 25.0. The van der Waals surface area contributed by atoms with Crippen LogP contribution in [0.3, 0.4) is 0 Å². The summed E-state index contributed by atoms with van der Waals surface area (Å²) in [5.41, 5.74) is 6.92. The number of nitrogen functional groups attached to an aromatic ring is 1. The Bertz CT molecular complexity index is 1200. The maximum absolute atomic E-state index is 13.6. The van der Waals surface area contributed by atoms with E-state index in [4.69, 9.17) is 5.73 Å². The lowest BCUT2D eigenvalue weighted by Gasteiger charge is -2.30. The van der Waals surface area contributed by atoms with E-state index in [2.05, 4.69) is 30.7 Å². The summed E-state index contributed by atoms with van der Waals surface area (Å²) >= 11 is 0. The molecule has 3 aromatic rings. The second kappa shape index (κ2) is 8.93. The van der Waals surface area contributed by atoms with Gasteiger partial charge in [0.2, 0.25) is 0 Å². The van der Waals surface area contributed by atoms with E-state index in [9.17, 15) is 26.7 Å². The van der Waals surface area contributed by atoms with E-state index in [1.165, 1.54) is 24.8 Å². The highest BCUT2D eigenvalue weighted by atomic mass is 19.4. The number of nitrogens with one attached hydrogen (secondary N) is 2. The Labute approximate surface area is 189 Å². The average molecular weight is 482 g/mol. The number of hydrogen-bond donors (Lipinski definition) is 3. The number of pyridine rings is 1. The lowest BCUT2D eigenvalue weighted by Crippen LogP contribution is -2.53. The molecule has 3 aromatic heterocycles. The molecule has 4 heterocycles. The molecule has 0 radical (unpaired) electrons. The number of anilines is 1. The van der Waals surface area contributed by atoms with Crippen LogP contribution in [0.25, 0.3) is 22.5 Å². The number of carbonyl (C=O) groups excluding carboxylic acids is 1. The Balaban J connectivity index is 1.55. The highest BCUT2D eigenvalue weighted by Crippen LogP contribution is 2.26. The number of alkyl halides is 5. The van der Waals surface area contributed by atoms with E-state index in [1.54, 1.807) is 12.1 Å². The molecular weight excluding hydrogens is 463 g/mol. The Morgan fingerprint density at radius 2 is 2.03 bits per heavy atom. The van der Waals surface area contributed by atoms with Crippen LogP contribution < -0.4 is 16.4 Å². The Morgan fingerprint density at radius 3 is 2.76 bits per heavy atom. The number of halogens is 5. The third-order valence-corrected chi connectivity index (χ3v) is 5.00. The van der Waals surface area contributed by atoms with Gasteiger partial charge in [-0.05, 0) is 12.1 Å². The molecule has 1 saturated heterocycles. The molecule has 0 aromatic carbocycles. The van der Waals surface area contributed by atoms with Crippen LogP contribution >= 0.6 is 0 Å². The van der Waals surface area contributed by atoms with Crippen molar-refractivity contribution in [2.45, 2.75) is 31.1 Å². The highest BCUT2D eigenvalue weighted by Gasteiger charge is 2.37. The molecule has 14 heteroatoms. The number of piperidine rings is 1. The van der Waals surface area contributed by atoms with Gasteiger partial charge in [-0.1, -0.05) is 0 Å². The maximum Gasteiger partial charge on any atom is 0.408 e. The normalized spacial score (nSPS) is 18.0. The molecule has 0 spiro atoms. The zero-order chi connectivity index (χ0) is 24.5. The van der Waals surface area contributed by atoms with Crippen molar-refractivity contribution >= 4 is 11.7 Å². The number of hydrogen-bond acceptors (Lipinski definition) is 7. The smallest absolute Gasteiger partial charge is 0.382 e. The molecule has 0 aliphatic carbocycles. The van der Waals surface area contributed by atoms with E-state index < -0.39 is 43.6 Å². The molecule has 1 aliphatic heterocycles. The largest absolute Gasteiger partial charge is 0.408 e. The Hall–Kier alpha value is -3.68. The number of carbonyl (C=O) groups is 1. The van der Waals surface area contributed by atoms with Crippen molar-refractivity contribution in [3.05, 3.63) is 42.6 Å². The van der Waals surface area contributed by atoms with Gasteiger partial charge in [0.15, 0.2) is 11.5 Å². The van der Waals surface area contributed by atoms with E-state index in [0.29, 0.717) is 16.8 Å². The van der Waals surface area contributed by atoms with E-state index in [0.717, 1.165) is 4.68 Å². The molecule has 0 saturated carbocycles. The van der Waals surface area contributed by atoms with Gasteiger partial charge in [-0.25, -0.2) is 18.7 Å². The van der Waals surface area contributed by atoms with Gasteiger partial charge in [0, 0.05) is 42.5 Å². The molecule has 9 nitrogen and oxygen atoms in total. The van der Waals surface area contributed by atoms with Gasteiger partial charge in [-0.15, -0.1) is 0 Å². The Kier molecular flexibility index (Phi) is 6.17. The van der Waals surface area contributed by atoms with Gasteiger partial charge in [-0.3, -0.25) is 14.5 Å². The van der Waals surface area contributed by atoms with Gasteiger partial charge in [0.1, 0.15) is 6.54 Å². The van der Waals surface area contributed by atoms with Gasteiger partial charge in [-0.2, -0.15) is 18.3 Å². The first-order valence-corrected chi connectivity index (χ1v) is 10.1. The van der Waals surface area contributed by atoms with Crippen LogP contribution in [0.1, 0.15) is 16.9 Å². The van der Waals surface area contributed by atoms with Gasteiger partial charge < -0.3 is 16.4 Å². The van der Waals surface area contributed by atoms with Crippen molar-refractivity contribution in [1.29, 1.82) is 0 Å². The fourth-order valence-corrected chi connectivity index (χ4v) is 3.51. The van der Waals surface area contributed by atoms with E-state index in [1.807, 2.05) is 0 Å². The van der Waals surface area contributed by atoms with E-state index in [-0.39, 0.29) is 23.8 Å². The quantitative estimate of drug-likeness (QED) is 0.477. The SMILES string of the molecule is Nc1ncc(-c2ccnc(-c3cnn(CC(F)(F)F)c3)c2)nc1C(=O)N[C@@H]1CNCC(F)(F)C1. The standard InChI is InChI=1S/C20H19F5N8O/c21-19(22)4-13(6-27-9-19)31-18(34)16-17(26)29-7-15(32-16)11-1-2-28-14(3-11)12-5-30-33(8-12)10-20(23,24)25/h1-3,5,7-8,13,27H,4,6,9-10H2,(H2,26,29)(H,31,34)/t13-/m0/s1. The average Bonchev–Trinajstić information content (AvgIpc) is 3.20. The summed E-state index contributed by atoms with van der Waals surface area (Å²) in [7, 11) is 0. The number of amides is 1. The summed E-state index contributed by atoms with van der Waals surface area (Å²) in [5.74, 6) is -3.88. The van der Waals surface area contributed by atoms with Crippen molar-refractivity contribution in [1.82, 2.24) is 35.4 Å². The second-order valence-electron chi connectivity index (χ2n) is 7.82. The maximum atomic E-state index is 13.6. The van der Waals surface area contributed by atoms with Crippen molar-refractivity contribution in [2.24, 2.45) is 0 Å². The molecule has 180 valence electrons. The van der Waals surface area contributed by atoms with E-state index >= 15 is 0 Å². The van der Waals surface area contributed by atoms with Gasteiger partial charge in [0.25, 0.3) is 11.8 Å². The molecule has 0 bridgehead atoms. The molecule has 4 rings (SSSR count). The lowest BCUT2D eigenvalue weighted by molar-refractivity contribution is -0.142. The first-order chi connectivity index (χ1) is 16.0. The topological polar surface area (TPSA) is 124 Å². The van der Waals surface area contributed by atoms with Gasteiger partial charge >= 0.3 is 6.18 Å². The summed E-state index contributed by atoms with van der Waals surface area (Å²) in [6.07, 6.45) is 0.252. The molecule has 1 fully saturated rings. The molecular formula is C20H19F5N8O. The van der Waals surface area contributed by atoms with Crippen LogP contribution in [0.15, 0.2) is 36.9 Å². The molecule has 1 atom stereocenters. The second-order valence-corrected chi connectivity index (χ2v) is 7.82. The van der Waals surface area contributed by atoms with Crippen LogP contribution in [0.4, 0.5) is 27.8 Å². The van der Waals surface area contributed by atoms with Crippen molar-refractivity contribution in [3.8, 4) is 22.5 Å². The number of nitrogens with two attached hydrogens (primary N) is 1. The first kappa shape index (κ1) is 23.5. The summed E-state index contributed by atoms with van der Waals surface area (Å²) < 4.78 is 65.7. The number of aromatic nitrogens is 5. The predicted molar refractivity (Wildman–Crippen MR) is 111 cm³/mol. The van der Waals surface area contributed by atoms with Crippen LogP contribution in [-0.4, -0.2) is 61.9 Å². The highest BCUT2D eigenvalue weighted by molar-refractivity contribution is 5.97. The van der Waals surface area contributed by atoms with Crippen LogP contribution in [0, 0.1) is 0 Å². The number of nitrogens with zero attached hydrogens (tertiary/aromatic N) is 5. The van der Waals surface area contributed by atoms with Gasteiger partial charge in [0.05, 0.1) is 30.3 Å². The zero-order valence-electron chi connectivity index (χ0n) is 17.5. The van der Waals surface area contributed by atoms with Crippen LogP contribution in [-0.2, 0) is 6.54 Å².